The molecule has 0 saturated carbocycles. The summed E-state index contributed by atoms with van der Waals surface area (Å²) in [5.74, 6) is -2.12. The van der Waals surface area contributed by atoms with Crippen molar-refractivity contribution in [1.29, 1.82) is 0 Å². The number of para-hydroxylation sites is 4. The van der Waals surface area contributed by atoms with Crippen LogP contribution in [-0.2, 0) is 19.1 Å². The van der Waals surface area contributed by atoms with Crippen molar-refractivity contribution < 1.29 is 28.6 Å². The molecule has 2 aliphatic rings. The van der Waals surface area contributed by atoms with E-state index in [1.54, 1.807) is 55.5 Å². The number of imide groups is 1. The smallest absolute Gasteiger partial charge is 0.355 e. The number of nitrogens with zero attached hydrogens (tertiary/aromatic N) is 3. The molecule has 9 heteroatoms. The van der Waals surface area contributed by atoms with E-state index >= 15 is 0 Å². The summed E-state index contributed by atoms with van der Waals surface area (Å²) in [5, 5.41) is 5.70. The lowest BCUT2D eigenvalue weighted by Gasteiger charge is -2.24. The van der Waals surface area contributed by atoms with Gasteiger partial charge in [0, 0.05) is 0 Å². The van der Waals surface area contributed by atoms with Crippen LogP contribution in [-0.4, -0.2) is 50.4 Å². The molecule has 1 fully saturated rings. The normalized spacial score (nSPS) is 19.9. The molecule has 0 bridgehead atoms. The molecule has 0 radical (unpaired) electrons. The van der Waals surface area contributed by atoms with Gasteiger partial charge in [-0.15, -0.1) is 0 Å². The molecule has 0 unspecified atom stereocenters. The number of rotatable bonds is 6. The number of hydrazone groups is 1. The van der Waals surface area contributed by atoms with Gasteiger partial charge in [0.15, 0.2) is 5.71 Å². The molecule has 31 heavy (non-hydrogen) atoms. The Morgan fingerprint density at radius 3 is 2.13 bits per heavy atom. The van der Waals surface area contributed by atoms with Crippen LogP contribution < -0.4 is 19.4 Å². The Balaban J connectivity index is 1.84. The van der Waals surface area contributed by atoms with Crippen LogP contribution in [0.2, 0.25) is 0 Å². The van der Waals surface area contributed by atoms with Gasteiger partial charge in [-0.3, -0.25) is 9.59 Å². The number of benzene rings is 2. The Bertz CT molecular complexity index is 1080. The molecule has 0 aromatic heterocycles. The third-order valence-electron chi connectivity index (χ3n) is 5.19. The van der Waals surface area contributed by atoms with Crippen LogP contribution in [0.4, 0.5) is 11.4 Å². The van der Waals surface area contributed by atoms with Gasteiger partial charge in [0.05, 0.1) is 26.5 Å². The number of carbonyl (C=O) groups excluding carboxylic acids is 3. The lowest BCUT2D eigenvalue weighted by Crippen LogP contribution is -2.39. The molecule has 2 heterocycles. The van der Waals surface area contributed by atoms with E-state index in [2.05, 4.69) is 5.10 Å². The van der Waals surface area contributed by atoms with Gasteiger partial charge < -0.3 is 14.2 Å². The minimum Gasteiger partial charge on any atom is -0.495 e. The summed E-state index contributed by atoms with van der Waals surface area (Å²) >= 11 is 0. The number of fused-ring (bicyclic) bond motifs is 1. The average Bonchev–Trinajstić information content (AvgIpc) is 3.30. The molecular weight excluding hydrogens is 402 g/mol. The van der Waals surface area contributed by atoms with Crippen LogP contribution >= 0.6 is 0 Å². The Hall–Kier alpha value is -3.88. The molecule has 1 saturated heterocycles. The highest BCUT2D eigenvalue weighted by Crippen LogP contribution is 2.42. The molecule has 0 N–H and O–H groups in total. The summed E-state index contributed by atoms with van der Waals surface area (Å²) < 4.78 is 15.8. The van der Waals surface area contributed by atoms with Gasteiger partial charge in [-0.25, -0.2) is 14.7 Å². The van der Waals surface area contributed by atoms with E-state index in [0.29, 0.717) is 22.9 Å². The lowest BCUT2D eigenvalue weighted by molar-refractivity contribution is -0.136. The van der Waals surface area contributed by atoms with E-state index in [4.69, 9.17) is 14.2 Å². The molecule has 0 aliphatic carbocycles. The maximum absolute atomic E-state index is 13.5. The van der Waals surface area contributed by atoms with Crippen LogP contribution in [0.3, 0.4) is 0 Å². The van der Waals surface area contributed by atoms with Gasteiger partial charge in [0.2, 0.25) is 5.91 Å². The highest BCUT2D eigenvalue weighted by molar-refractivity contribution is 6.47. The fraction of sp³-hybridized carbons (Fsp3) is 0.273. The van der Waals surface area contributed by atoms with Crippen molar-refractivity contribution in [2.24, 2.45) is 11.0 Å². The van der Waals surface area contributed by atoms with E-state index < -0.39 is 29.7 Å². The third kappa shape index (κ3) is 3.18. The summed E-state index contributed by atoms with van der Waals surface area (Å²) in [5.41, 5.74) is 0.647. The molecule has 2 aromatic carbocycles. The topological polar surface area (TPSA) is 97.7 Å². The number of methoxy groups -OCH3 is 2. The Morgan fingerprint density at radius 2 is 1.52 bits per heavy atom. The van der Waals surface area contributed by atoms with E-state index in [0.717, 1.165) is 4.90 Å². The lowest BCUT2D eigenvalue weighted by atomic mass is 9.97. The van der Waals surface area contributed by atoms with E-state index in [9.17, 15) is 14.4 Å². The van der Waals surface area contributed by atoms with Crippen molar-refractivity contribution in [3.63, 3.8) is 0 Å². The zero-order valence-electron chi connectivity index (χ0n) is 17.3. The van der Waals surface area contributed by atoms with Crippen LogP contribution in [0.1, 0.15) is 6.92 Å². The first-order valence-electron chi connectivity index (χ1n) is 9.72. The van der Waals surface area contributed by atoms with Gasteiger partial charge in [0.1, 0.15) is 29.1 Å². The van der Waals surface area contributed by atoms with Gasteiger partial charge >= 0.3 is 5.97 Å². The maximum Gasteiger partial charge on any atom is 0.355 e. The fourth-order valence-corrected chi connectivity index (χ4v) is 3.86. The SMILES string of the molecule is CCOC(=O)C1=NN(c2ccccc2OC)[C@@H]2C(=O)N(c3ccccc3OC)C(=O)[C@H]12. The first-order chi connectivity index (χ1) is 15.0. The van der Waals surface area contributed by atoms with Crippen LogP contribution in [0, 0.1) is 5.92 Å². The minimum absolute atomic E-state index is 0.113. The summed E-state index contributed by atoms with van der Waals surface area (Å²) in [6, 6.07) is 12.6. The van der Waals surface area contributed by atoms with Crippen molar-refractivity contribution in [3.05, 3.63) is 48.5 Å². The molecule has 2 atom stereocenters. The standard InChI is InChI=1S/C22H21N3O6/c1-4-31-22(28)18-17-19(25(23-18)14-10-6-8-12-16(14)30-3)21(27)24(20(17)26)13-9-5-7-11-15(13)29-2/h5-12,17,19H,4H2,1-3H3/t17-,19+/m1/s1. The summed E-state index contributed by atoms with van der Waals surface area (Å²) in [4.78, 5) is 40.6. The van der Waals surface area contributed by atoms with Crippen LogP contribution in [0.5, 0.6) is 11.5 Å². The van der Waals surface area contributed by atoms with Crippen molar-refractivity contribution in [2.45, 2.75) is 13.0 Å². The van der Waals surface area contributed by atoms with Crippen molar-refractivity contribution in [1.82, 2.24) is 0 Å². The predicted octanol–water partition coefficient (Wildman–Crippen LogP) is 2.00. The number of amides is 2. The number of carbonyl (C=O) groups is 3. The summed E-state index contributed by atoms with van der Waals surface area (Å²) in [6.45, 7) is 1.77. The van der Waals surface area contributed by atoms with Gasteiger partial charge in [0.25, 0.3) is 5.91 Å². The van der Waals surface area contributed by atoms with Crippen molar-refractivity contribution in [2.75, 3.05) is 30.7 Å². The zero-order valence-corrected chi connectivity index (χ0v) is 17.3. The third-order valence-corrected chi connectivity index (χ3v) is 5.19. The van der Waals surface area contributed by atoms with E-state index in [1.807, 2.05) is 0 Å². The molecule has 2 amide bonds. The van der Waals surface area contributed by atoms with Crippen molar-refractivity contribution in [3.8, 4) is 11.5 Å². The monoisotopic (exact) mass is 423 g/mol. The fourth-order valence-electron chi connectivity index (χ4n) is 3.86. The largest absolute Gasteiger partial charge is 0.495 e. The second-order valence-corrected chi connectivity index (χ2v) is 6.83. The van der Waals surface area contributed by atoms with Crippen molar-refractivity contribution >= 4 is 34.9 Å². The number of ether oxygens (including phenoxy) is 3. The number of hydrogen-bond acceptors (Lipinski definition) is 8. The number of esters is 1. The van der Waals surface area contributed by atoms with Gasteiger partial charge in [-0.05, 0) is 31.2 Å². The maximum atomic E-state index is 13.5. The highest BCUT2D eigenvalue weighted by Gasteiger charge is 2.59. The molecule has 9 nitrogen and oxygen atoms in total. The molecule has 2 aliphatic heterocycles. The molecule has 0 spiro atoms. The van der Waals surface area contributed by atoms with E-state index in [1.165, 1.54) is 19.2 Å². The quantitative estimate of drug-likeness (QED) is 0.518. The van der Waals surface area contributed by atoms with Crippen LogP contribution in [0.25, 0.3) is 0 Å². The second-order valence-electron chi connectivity index (χ2n) is 6.83. The molecule has 160 valence electrons. The first kappa shape index (κ1) is 20.4. The Morgan fingerprint density at radius 1 is 0.935 bits per heavy atom. The zero-order chi connectivity index (χ0) is 22.1. The predicted molar refractivity (Wildman–Crippen MR) is 112 cm³/mol. The average molecular weight is 423 g/mol. The highest BCUT2D eigenvalue weighted by atomic mass is 16.5. The Labute approximate surface area is 178 Å². The van der Waals surface area contributed by atoms with Crippen LogP contribution in [0.15, 0.2) is 53.6 Å². The summed E-state index contributed by atoms with van der Waals surface area (Å²) in [6.07, 6.45) is 0. The minimum atomic E-state index is -1.11. The molecule has 2 aromatic rings. The second kappa shape index (κ2) is 8.10. The summed E-state index contributed by atoms with van der Waals surface area (Å²) in [7, 11) is 2.95. The van der Waals surface area contributed by atoms with Gasteiger partial charge in [-0.1, -0.05) is 24.3 Å². The number of hydrogen-bond donors (Lipinski definition) is 0. The Kier molecular flexibility index (Phi) is 5.33. The van der Waals surface area contributed by atoms with Gasteiger partial charge in [-0.2, -0.15) is 5.10 Å². The number of anilines is 2. The first-order valence-corrected chi connectivity index (χ1v) is 9.72. The molecule has 4 rings (SSSR count). The molecular formula is C22H21N3O6. The van der Waals surface area contributed by atoms with E-state index in [-0.39, 0.29) is 12.3 Å².